The maximum Gasteiger partial charge on any atom is 0.253 e. The summed E-state index contributed by atoms with van der Waals surface area (Å²) in [5, 5.41) is 0. The van der Waals surface area contributed by atoms with E-state index in [0.29, 0.717) is 16.8 Å². The Morgan fingerprint density at radius 3 is 2.54 bits per heavy atom. The molecular weight excluding hydrogens is 331 g/mol. The van der Waals surface area contributed by atoms with Gasteiger partial charge in [0.25, 0.3) is 5.91 Å². The molecule has 0 saturated carbocycles. The van der Waals surface area contributed by atoms with Crippen molar-refractivity contribution in [1.82, 2.24) is 4.90 Å². The molecule has 0 bridgehead atoms. The van der Waals surface area contributed by atoms with Gasteiger partial charge < -0.3 is 4.90 Å². The van der Waals surface area contributed by atoms with Crippen LogP contribution < -0.4 is 4.72 Å². The zero-order valence-electron chi connectivity index (χ0n) is 13.5. The first-order valence-corrected chi connectivity index (χ1v) is 9.07. The van der Waals surface area contributed by atoms with Crippen molar-refractivity contribution in [1.29, 1.82) is 0 Å². The molecule has 1 N–H and O–H groups in total. The van der Waals surface area contributed by atoms with Crippen LogP contribution in [0.2, 0.25) is 0 Å². The van der Waals surface area contributed by atoms with Crippen LogP contribution in [-0.4, -0.2) is 32.0 Å². The molecule has 0 aliphatic heterocycles. The molecule has 0 radical (unpaired) electrons. The highest BCUT2D eigenvalue weighted by molar-refractivity contribution is 7.92. The summed E-state index contributed by atoms with van der Waals surface area (Å²) in [6, 6.07) is 12.5. The number of hydrogen-bond donors (Lipinski definition) is 1. The van der Waals surface area contributed by atoms with Crippen LogP contribution in [0.25, 0.3) is 0 Å². The SMILES string of the molecule is CCS(=O)(=O)Nc1cccc(C(=O)N(C)Cc2ccccc2F)c1. The number of rotatable bonds is 6. The maximum absolute atomic E-state index is 13.7. The van der Waals surface area contributed by atoms with Gasteiger partial charge in [0.1, 0.15) is 5.82 Å². The number of nitrogens with zero attached hydrogens (tertiary/aromatic N) is 1. The van der Waals surface area contributed by atoms with E-state index in [-0.39, 0.29) is 24.0 Å². The Kier molecular flexibility index (Phi) is 5.56. The Morgan fingerprint density at radius 1 is 1.17 bits per heavy atom. The van der Waals surface area contributed by atoms with E-state index in [1.165, 1.54) is 24.0 Å². The molecule has 2 rings (SSSR count). The first-order chi connectivity index (χ1) is 11.3. The van der Waals surface area contributed by atoms with Gasteiger partial charge in [0.2, 0.25) is 10.0 Å². The lowest BCUT2D eigenvalue weighted by atomic mass is 10.1. The Balaban J connectivity index is 2.16. The van der Waals surface area contributed by atoms with Crippen molar-refractivity contribution < 1.29 is 17.6 Å². The second kappa shape index (κ2) is 7.44. The van der Waals surface area contributed by atoms with E-state index in [1.807, 2.05) is 0 Å². The predicted octanol–water partition coefficient (Wildman–Crippen LogP) is 2.86. The maximum atomic E-state index is 13.7. The fourth-order valence-corrected chi connectivity index (χ4v) is 2.77. The third-order valence-electron chi connectivity index (χ3n) is 3.47. The summed E-state index contributed by atoms with van der Waals surface area (Å²) in [5.41, 5.74) is 1.06. The van der Waals surface area contributed by atoms with E-state index in [2.05, 4.69) is 4.72 Å². The van der Waals surface area contributed by atoms with E-state index < -0.39 is 10.0 Å². The number of hydrogen-bond acceptors (Lipinski definition) is 3. The average Bonchev–Trinajstić information content (AvgIpc) is 2.56. The fourth-order valence-electron chi connectivity index (χ4n) is 2.14. The monoisotopic (exact) mass is 350 g/mol. The van der Waals surface area contributed by atoms with Crippen LogP contribution in [0.15, 0.2) is 48.5 Å². The molecule has 0 aliphatic rings. The van der Waals surface area contributed by atoms with Gasteiger partial charge in [-0.15, -0.1) is 0 Å². The van der Waals surface area contributed by atoms with Crippen molar-refractivity contribution in [3.8, 4) is 0 Å². The van der Waals surface area contributed by atoms with Crippen molar-refractivity contribution in [2.24, 2.45) is 0 Å². The number of sulfonamides is 1. The van der Waals surface area contributed by atoms with Crippen molar-refractivity contribution in [3.05, 3.63) is 65.5 Å². The summed E-state index contributed by atoms with van der Waals surface area (Å²) in [5.74, 6) is -0.754. The van der Waals surface area contributed by atoms with Gasteiger partial charge in [0.15, 0.2) is 0 Å². The van der Waals surface area contributed by atoms with Gasteiger partial charge >= 0.3 is 0 Å². The summed E-state index contributed by atoms with van der Waals surface area (Å²) in [6.07, 6.45) is 0. The Hall–Kier alpha value is -2.41. The molecule has 7 heteroatoms. The lowest BCUT2D eigenvalue weighted by Gasteiger charge is -2.18. The molecule has 0 fully saturated rings. The van der Waals surface area contributed by atoms with Crippen molar-refractivity contribution in [2.45, 2.75) is 13.5 Å². The molecule has 0 aromatic heterocycles. The first-order valence-electron chi connectivity index (χ1n) is 7.42. The van der Waals surface area contributed by atoms with E-state index in [4.69, 9.17) is 0 Å². The smallest absolute Gasteiger partial charge is 0.253 e. The summed E-state index contributed by atoms with van der Waals surface area (Å²) in [4.78, 5) is 13.9. The number of halogens is 1. The van der Waals surface area contributed by atoms with Crippen molar-refractivity contribution in [2.75, 3.05) is 17.5 Å². The Labute approximate surface area is 141 Å². The van der Waals surface area contributed by atoms with Crippen LogP contribution in [0, 0.1) is 5.82 Å². The quantitative estimate of drug-likeness (QED) is 0.871. The van der Waals surface area contributed by atoms with Gasteiger partial charge in [-0.05, 0) is 31.2 Å². The molecule has 1 amide bonds. The summed E-state index contributed by atoms with van der Waals surface area (Å²) >= 11 is 0. The molecule has 0 aliphatic carbocycles. The van der Waals surface area contributed by atoms with Crippen LogP contribution in [0.1, 0.15) is 22.8 Å². The molecule has 128 valence electrons. The number of nitrogens with one attached hydrogen (secondary N) is 1. The molecule has 0 spiro atoms. The first kappa shape index (κ1) is 17.9. The third kappa shape index (κ3) is 4.55. The van der Waals surface area contributed by atoms with E-state index in [1.54, 1.807) is 43.4 Å². The lowest BCUT2D eigenvalue weighted by Crippen LogP contribution is -2.26. The van der Waals surface area contributed by atoms with Crippen molar-refractivity contribution in [3.63, 3.8) is 0 Å². The molecule has 0 atom stereocenters. The average molecular weight is 350 g/mol. The van der Waals surface area contributed by atoms with Gasteiger partial charge in [-0.2, -0.15) is 0 Å². The normalized spacial score (nSPS) is 11.1. The van der Waals surface area contributed by atoms with Gasteiger partial charge in [0, 0.05) is 30.4 Å². The van der Waals surface area contributed by atoms with E-state index in [0.717, 1.165) is 0 Å². The number of anilines is 1. The number of carbonyl (C=O) groups is 1. The van der Waals surface area contributed by atoms with E-state index >= 15 is 0 Å². The van der Waals surface area contributed by atoms with Crippen LogP contribution in [-0.2, 0) is 16.6 Å². The molecule has 5 nitrogen and oxygen atoms in total. The second-order valence-corrected chi connectivity index (χ2v) is 7.35. The highest BCUT2D eigenvalue weighted by Gasteiger charge is 2.15. The van der Waals surface area contributed by atoms with Crippen LogP contribution >= 0.6 is 0 Å². The number of amides is 1. The summed E-state index contributed by atoms with van der Waals surface area (Å²) in [6.45, 7) is 1.65. The zero-order chi connectivity index (χ0) is 17.7. The topological polar surface area (TPSA) is 66.5 Å². The van der Waals surface area contributed by atoms with Crippen LogP contribution in [0.3, 0.4) is 0 Å². The van der Waals surface area contributed by atoms with Gasteiger partial charge in [0.05, 0.1) is 5.75 Å². The zero-order valence-corrected chi connectivity index (χ0v) is 14.3. The van der Waals surface area contributed by atoms with Gasteiger partial charge in [-0.3, -0.25) is 9.52 Å². The predicted molar refractivity (Wildman–Crippen MR) is 91.7 cm³/mol. The Morgan fingerprint density at radius 2 is 1.88 bits per heavy atom. The molecule has 0 saturated heterocycles. The molecule has 2 aromatic rings. The number of carbonyl (C=O) groups excluding carboxylic acids is 1. The molecule has 0 unspecified atom stereocenters. The number of benzene rings is 2. The van der Waals surface area contributed by atoms with Gasteiger partial charge in [-0.25, -0.2) is 12.8 Å². The minimum absolute atomic E-state index is 0.0572. The molecular formula is C17H19FN2O3S. The summed E-state index contributed by atoms with van der Waals surface area (Å²) < 4.78 is 39.3. The standard InChI is InChI=1S/C17H19FN2O3S/c1-3-24(22,23)19-15-9-6-8-13(11-15)17(21)20(2)12-14-7-4-5-10-16(14)18/h4-11,19H,3,12H2,1-2H3. The van der Waals surface area contributed by atoms with Crippen LogP contribution in [0.4, 0.5) is 10.1 Å². The largest absolute Gasteiger partial charge is 0.337 e. The minimum Gasteiger partial charge on any atom is -0.337 e. The molecule has 2 aromatic carbocycles. The summed E-state index contributed by atoms with van der Waals surface area (Å²) in [7, 11) is -1.85. The van der Waals surface area contributed by atoms with Gasteiger partial charge in [-0.1, -0.05) is 24.3 Å². The third-order valence-corrected chi connectivity index (χ3v) is 4.78. The minimum atomic E-state index is -3.41. The van der Waals surface area contributed by atoms with Crippen LogP contribution in [0.5, 0.6) is 0 Å². The highest BCUT2D eigenvalue weighted by atomic mass is 32.2. The molecule has 0 heterocycles. The highest BCUT2D eigenvalue weighted by Crippen LogP contribution is 2.16. The molecule has 24 heavy (non-hydrogen) atoms. The van der Waals surface area contributed by atoms with Crippen molar-refractivity contribution >= 4 is 21.6 Å². The van der Waals surface area contributed by atoms with E-state index in [9.17, 15) is 17.6 Å². The fraction of sp³-hybridized carbons (Fsp3) is 0.235. The lowest BCUT2D eigenvalue weighted by molar-refractivity contribution is 0.0784. The second-order valence-electron chi connectivity index (χ2n) is 5.34. The Bertz CT molecular complexity index is 837.